The molecule has 20 heavy (non-hydrogen) atoms. The average Bonchev–Trinajstić information content (AvgIpc) is 2.81. The van der Waals surface area contributed by atoms with Gasteiger partial charge in [0.15, 0.2) is 0 Å². The Kier molecular flexibility index (Phi) is 3.20. The van der Waals surface area contributed by atoms with Crippen LogP contribution in [0, 0.1) is 0 Å². The fourth-order valence-corrected chi connectivity index (χ4v) is 2.84. The van der Waals surface area contributed by atoms with E-state index in [1.165, 1.54) is 15.9 Å². The lowest BCUT2D eigenvalue weighted by Gasteiger charge is -2.27. The van der Waals surface area contributed by atoms with Crippen LogP contribution in [-0.2, 0) is 13.5 Å². The van der Waals surface area contributed by atoms with Gasteiger partial charge >= 0.3 is 0 Å². The molecule has 2 aromatic rings. The van der Waals surface area contributed by atoms with Gasteiger partial charge in [0.2, 0.25) is 0 Å². The highest BCUT2D eigenvalue weighted by Crippen LogP contribution is 2.34. The van der Waals surface area contributed by atoms with Crippen LogP contribution < -0.4 is 4.90 Å². The summed E-state index contributed by atoms with van der Waals surface area (Å²) >= 11 is 0. The number of aromatic nitrogens is 2. The van der Waals surface area contributed by atoms with Crippen molar-refractivity contribution in [3.63, 3.8) is 0 Å². The topological polar surface area (TPSA) is 21.1 Å². The predicted molar refractivity (Wildman–Crippen MR) is 75.2 cm³/mol. The number of anilines is 1. The minimum atomic E-state index is -2.55. The zero-order chi connectivity index (χ0) is 14.3. The van der Waals surface area contributed by atoms with Gasteiger partial charge in [-0.1, -0.05) is 6.07 Å². The highest BCUT2D eigenvalue weighted by Gasteiger charge is 2.20. The largest absolute Gasteiger partial charge is 0.374 e. The van der Waals surface area contributed by atoms with Gasteiger partial charge in [-0.2, -0.15) is 5.10 Å². The molecule has 0 radical (unpaired) electrons. The third-order valence-electron chi connectivity index (χ3n) is 3.81. The zero-order valence-corrected chi connectivity index (χ0v) is 11.6. The first-order valence-electron chi connectivity index (χ1n) is 6.72. The van der Waals surface area contributed by atoms with Crippen LogP contribution in [0.15, 0.2) is 24.4 Å². The van der Waals surface area contributed by atoms with Crippen molar-refractivity contribution in [2.24, 2.45) is 7.05 Å². The summed E-state index contributed by atoms with van der Waals surface area (Å²) in [6.45, 7) is 1.04. The highest BCUT2D eigenvalue weighted by molar-refractivity contribution is 5.71. The lowest BCUT2D eigenvalue weighted by molar-refractivity contribution is 0.146. The second-order valence-electron chi connectivity index (χ2n) is 5.27. The third-order valence-corrected chi connectivity index (χ3v) is 3.81. The molecule has 1 aliphatic heterocycles. The Bertz CT molecular complexity index is 634. The van der Waals surface area contributed by atoms with Crippen molar-refractivity contribution in [2.75, 3.05) is 18.5 Å². The van der Waals surface area contributed by atoms with Crippen molar-refractivity contribution >= 4 is 5.69 Å². The number of fused-ring (bicyclic) bond motifs is 1. The number of hydrogen-bond acceptors (Lipinski definition) is 2. The first-order valence-corrected chi connectivity index (χ1v) is 6.72. The van der Waals surface area contributed by atoms with E-state index in [-0.39, 0.29) is 5.69 Å². The molecule has 0 saturated carbocycles. The normalized spacial score (nSPS) is 14.8. The van der Waals surface area contributed by atoms with Crippen molar-refractivity contribution in [1.82, 2.24) is 9.78 Å². The van der Waals surface area contributed by atoms with Gasteiger partial charge in [-0.05, 0) is 36.1 Å². The Morgan fingerprint density at radius 2 is 2.05 bits per heavy atom. The van der Waals surface area contributed by atoms with Gasteiger partial charge in [-0.3, -0.25) is 4.68 Å². The summed E-state index contributed by atoms with van der Waals surface area (Å²) in [4.78, 5) is 2.21. The molecule has 1 aromatic heterocycles. The van der Waals surface area contributed by atoms with Crippen molar-refractivity contribution in [3.8, 4) is 11.1 Å². The smallest absolute Gasteiger partial charge is 0.282 e. The summed E-state index contributed by atoms with van der Waals surface area (Å²) in [5, 5.41) is 3.87. The van der Waals surface area contributed by atoms with E-state index in [4.69, 9.17) is 0 Å². The van der Waals surface area contributed by atoms with E-state index in [1.807, 2.05) is 18.2 Å². The Labute approximate surface area is 116 Å². The molecule has 5 heteroatoms. The molecule has 0 spiro atoms. The molecule has 0 N–H and O–H groups in total. The van der Waals surface area contributed by atoms with Crippen LogP contribution in [0.2, 0.25) is 0 Å². The second-order valence-corrected chi connectivity index (χ2v) is 5.27. The van der Waals surface area contributed by atoms with E-state index >= 15 is 0 Å². The second kappa shape index (κ2) is 4.89. The number of rotatable bonds is 2. The monoisotopic (exact) mass is 277 g/mol. The Balaban J connectivity index is 2.07. The standard InChI is InChI=1S/C15H17F2N3/c1-19-7-3-4-11-8-10(5-6-13(11)19)12-9-20(2)18-14(12)15(16)17/h5-6,8-9,15H,3-4,7H2,1-2H3. The molecule has 0 aliphatic carbocycles. The van der Waals surface area contributed by atoms with Crippen LogP contribution in [0.1, 0.15) is 24.1 Å². The molecule has 0 unspecified atom stereocenters. The zero-order valence-electron chi connectivity index (χ0n) is 11.6. The molecule has 1 aromatic carbocycles. The van der Waals surface area contributed by atoms with E-state index in [0.29, 0.717) is 5.56 Å². The first-order chi connectivity index (χ1) is 9.56. The molecule has 0 amide bonds. The van der Waals surface area contributed by atoms with E-state index in [0.717, 1.165) is 24.9 Å². The molecule has 0 saturated heterocycles. The van der Waals surface area contributed by atoms with Gasteiger partial charge in [0.05, 0.1) is 0 Å². The van der Waals surface area contributed by atoms with Crippen LogP contribution in [0.5, 0.6) is 0 Å². The minimum absolute atomic E-state index is 0.142. The van der Waals surface area contributed by atoms with Crippen LogP contribution in [0.4, 0.5) is 14.5 Å². The summed E-state index contributed by atoms with van der Waals surface area (Å²) < 4.78 is 27.5. The van der Waals surface area contributed by atoms with Gasteiger partial charge in [0.25, 0.3) is 6.43 Å². The maximum absolute atomic E-state index is 13.0. The Hall–Kier alpha value is -1.91. The quantitative estimate of drug-likeness (QED) is 0.838. The molecular formula is C15H17F2N3. The fraction of sp³-hybridized carbons (Fsp3) is 0.400. The van der Waals surface area contributed by atoms with Gasteiger partial charge in [-0.25, -0.2) is 8.78 Å². The lowest BCUT2D eigenvalue weighted by atomic mass is 9.96. The molecule has 3 nitrogen and oxygen atoms in total. The molecule has 106 valence electrons. The van der Waals surface area contributed by atoms with Crippen molar-refractivity contribution < 1.29 is 8.78 Å². The number of hydrogen-bond donors (Lipinski definition) is 0. The lowest BCUT2D eigenvalue weighted by Crippen LogP contribution is -2.24. The first kappa shape index (κ1) is 13.1. The third kappa shape index (κ3) is 2.17. The van der Waals surface area contributed by atoms with Gasteiger partial charge in [0.1, 0.15) is 5.69 Å². The van der Waals surface area contributed by atoms with Crippen LogP contribution in [-0.4, -0.2) is 23.4 Å². The number of halogens is 2. The van der Waals surface area contributed by atoms with Gasteiger partial charge < -0.3 is 4.90 Å². The number of nitrogens with zero attached hydrogens (tertiary/aromatic N) is 3. The molecule has 0 atom stereocenters. The molecule has 2 heterocycles. The Morgan fingerprint density at radius 1 is 1.25 bits per heavy atom. The predicted octanol–water partition coefficient (Wildman–Crippen LogP) is 3.41. The average molecular weight is 277 g/mol. The van der Waals surface area contributed by atoms with Crippen molar-refractivity contribution in [1.29, 1.82) is 0 Å². The summed E-state index contributed by atoms with van der Waals surface area (Å²) in [5.41, 5.74) is 3.63. The summed E-state index contributed by atoms with van der Waals surface area (Å²) in [7, 11) is 3.73. The van der Waals surface area contributed by atoms with Crippen LogP contribution in [0.3, 0.4) is 0 Å². The molecule has 3 rings (SSSR count). The summed E-state index contributed by atoms with van der Waals surface area (Å²) in [6, 6.07) is 5.95. The molecule has 0 bridgehead atoms. The summed E-state index contributed by atoms with van der Waals surface area (Å²) in [6.07, 6.45) is 1.21. The minimum Gasteiger partial charge on any atom is -0.374 e. The SMILES string of the molecule is CN1CCCc2cc(-c3cn(C)nc3C(F)F)ccc21. The van der Waals surface area contributed by atoms with Gasteiger partial charge in [-0.15, -0.1) is 0 Å². The molecule has 0 fully saturated rings. The van der Waals surface area contributed by atoms with E-state index in [1.54, 1.807) is 13.2 Å². The maximum atomic E-state index is 13.0. The van der Waals surface area contributed by atoms with Crippen LogP contribution >= 0.6 is 0 Å². The van der Waals surface area contributed by atoms with Crippen molar-refractivity contribution in [3.05, 3.63) is 35.7 Å². The number of benzene rings is 1. The van der Waals surface area contributed by atoms with E-state index < -0.39 is 6.43 Å². The maximum Gasteiger partial charge on any atom is 0.282 e. The van der Waals surface area contributed by atoms with Crippen molar-refractivity contribution in [2.45, 2.75) is 19.3 Å². The Morgan fingerprint density at radius 3 is 2.80 bits per heavy atom. The molecular weight excluding hydrogens is 260 g/mol. The number of aryl methyl sites for hydroxylation is 2. The van der Waals surface area contributed by atoms with E-state index in [9.17, 15) is 8.78 Å². The van der Waals surface area contributed by atoms with Gasteiger partial charge in [0, 0.05) is 38.1 Å². The highest BCUT2D eigenvalue weighted by atomic mass is 19.3. The van der Waals surface area contributed by atoms with Crippen LogP contribution in [0.25, 0.3) is 11.1 Å². The molecule has 1 aliphatic rings. The fourth-order valence-electron chi connectivity index (χ4n) is 2.84. The van der Waals surface area contributed by atoms with E-state index in [2.05, 4.69) is 17.0 Å². The summed E-state index contributed by atoms with van der Waals surface area (Å²) in [5.74, 6) is 0. The number of alkyl halides is 2.